The summed E-state index contributed by atoms with van der Waals surface area (Å²) < 4.78 is 0. The van der Waals surface area contributed by atoms with Crippen molar-refractivity contribution in [2.45, 2.75) is 32.2 Å². The molecule has 0 radical (unpaired) electrons. The first kappa shape index (κ1) is 16.2. The van der Waals surface area contributed by atoms with Crippen molar-refractivity contribution in [3.63, 3.8) is 0 Å². The third-order valence-electron chi connectivity index (χ3n) is 3.74. The molecule has 2 rings (SSSR count). The Balaban J connectivity index is 1.87. The summed E-state index contributed by atoms with van der Waals surface area (Å²) in [6.07, 6.45) is 0.873. The first-order valence-corrected chi connectivity index (χ1v) is 7.48. The average molecular weight is 301 g/mol. The highest BCUT2D eigenvalue weighted by Crippen LogP contribution is 2.25. The summed E-state index contributed by atoms with van der Waals surface area (Å²) in [5, 5.41) is 31.8. The summed E-state index contributed by atoms with van der Waals surface area (Å²) in [7, 11) is 0. The lowest BCUT2D eigenvalue weighted by atomic mass is 9.99. The third kappa shape index (κ3) is 4.67. The van der Waals surface area contributed by atoms with E-state index in [2.05, 4.69) is 19.2 Å². The highest BCUT2D eigenvalue weighted by molar-refractivity contribution is 5.38. The lowest BCUT2D eigenvalue weighted by Crippen LogP contribution is -2.31. The number of hydrogen-bond donors (Lipinski definition) is 4. The van der Waals surface area contributed by atoms with Gasteiger partial charge in [0.05, 0.1) is 0 Å². The molecule has 0 unspecified atom stereocenters. The van der Waals surface area contributed by atoms with E-state index in [1.807, 2.05) is 12.1 Å². The van der Waals surface area contributed by atoms with Crippen molar-refractivity contribution >= 4 is 0 Å². The van der Waals surface area contributed by atoms with Crippen molar-refractivity contribution in [1.82, 2.24) is 5.32 Å². The number of rotatable bonds is 6. The fourth-order valence-electron chi connectivity index (χ4n) is 2.46. The van der Waals surface area contributed by atoms with Crippen LogP contribution in [0.4, 0.5) is 0 Å². The van der Waals surface area contributed by atoms with Crippen LogP contribution in [-0.2, 0) is 6.42 Å². The van der Waals surface area contributed by atoms with Crippen molar-refractivity contribution in [1.29, 1.82) is 0 Å². The molecule has 4 heteroatoms. The maximum absolute atomic E-state index is 9.54. The Morgan fingerprint density at radius 1 is 0.864 bits per heavy atom. The summed E-state index contributed by atoms with van der Waals surface area (Å²) in [6.45, 7) is 4.91. The van der Waals surface area contributed by atoms with Gasteiger partial charge in [-0.2, -0.15) is 0 Å². The van der Waals surface area contributed by atoms with Gasteiger partial charge in [0.15, 0.2) is 0 Å². The van der Waals surface area contributed by atoms with E-state index in [-0.39, 0.29) is 29.2 Å². The molecule has 0 aliphatic rings. The lowest BCUT2D eigenvalue weighted by molar-refractivity contribution is 0.446. The van der Waals surface area contributed by atoms with Gasteiger partial charge in [0, 0.05) is 18.7 Å². The standard InChI is InChI=1S/C18H23NO3/c1-12(15-8-17(21)10-18(22)9-15)11-19-13(2)7-14-3-5-16(20)6-4-14/h3-6,8-10,12-13,19-22H,7,11H2,1-2H3/t12-,13+/m1/s1. The molecule has 0 saturated carbocycles. The minimum Gasteiger partial charge on any atom is -0.508 e. The fourth-order valence-corrected chi connectivity index (χ4v) is 2.46. The number of hydrogen-bond acceptors (Lipinski definition) is 4. The van der Waals surface area contributed by atoms with Gasteiger partial charge >= 0.3 is 0 Å². The number of nitrogens with one attached hydrogen (secondary N) is 1. The molecule has 22 heavy (non-hydrogen) atoms. The molecule has 0 amide bonds. The van der Waals surface area contributed by atoms with Crippen molar-refractivity contribution in [3.05, 3.63) is 53.6 Å². The Morgan fingerprint density at radius 2 is 1.45 bits per heavy atom. The van der Waals surface area contributed by atoms with Gasteiger partial charge in [-0.1, -0.05) is 19.1 Å². The Hall–Kier alpha value is -2.20. The Labute approximate surface area is 131 Å². The molecule has 0 aliphatic carbocycles. The van der Waals surface area contributed by atoms with Gasteiger partial charge in [-0.15, -0.1) is 0 Å². The predicted molar refractivity (Wildman–Crippen MR) is 87.5 cm³/mol. The first-order chi connectivity index (χ1) is 10.4. The largest absolute Gasteiger partial charge is 0.508 e. The van der Waals surface area contributed by atoms with Gasteiger partial charge < -0.3 is 20.6 Å². The molecule has 2 aromatic carbocycles. The topological polar surface area (TPSA) is 72.7 Å². The summed E-state index contributed by atoms with van der Waals surface area (Å²) in [5.41, 5.74) is 2.07. The predicted octanol–water partition coefficient (Wildman–Crippen LogP) is 3.13. The zero-order valence-electron chi connectivity index (χ0n) is 13.0. The van der Waals surface area contributed by atoms with Gasteiger partial charge in [0.25, 0.3) is 0 Å². The van der Waals surface area contributed by atoms with Gasteiger partial charge in [-0.05, 0) is 54.7 Å². The molecule has 0 heterocycles. The van der Waals surface area contributed by atoms with E-state index in [0.29, 0.717) is 0 Å². The Kier molecular flexibility index (Phi) is 5.28. The minimum absolute atomic E-state index is 0.0824. The Bertz CT molecular complexity index is 590. The molecule has 0 spiro atoms. The Morgan fingerprint density at radius 3 is 2.05 bits per heavy atom. The van der Waals surface area contributed by atoms with Gasteiger partial charge in [-0.3, -0.25) is 0 Å². The van der Waals surface area contributed by atoms with Crippen molar-refractivity contribution in [3.8, 4) is 17.2 Å². The van der Waals surface area contributed by atoms with Crippen LogP contribution in [0, 0.1) is 0 Å². The highest BCUT2D eigenvalue weighted by atomic mass is 16.3. The van der Waals surface area contributed by atoms with E-state index in [0.717, 1.165) is 18.5 Å². The van der Waals surface area contributed by atoms with Crippen molar-refractivity contribution in [2.24, 2.45) is 0 Å². The van der Waals surface area contributed by atoms with Crippen LogP contribution < -0.4 is 5.32 Å². The summed E-state index contributed by atoms with van der Waals surface area (Å²) in [4.78, 5) is 0. The molecule has 0 aliphatic heterocycles. The van der Waals surface area contributed by atoms with Crippen LogP contribution in [0.3, 0.4) is 0 Å². The van der Waals surface area contributed by atoms with Crippen LogP contribution >= 0.6 is 0 Å². The minimum atomic E-state index is 0.0824. The molecule has 2 aromatic rings. The van der Waals surface area contributed by atoms with Gasteiger partial charge in [0.2, 0.25) is 0 Å². The maximum atomic E-state index is 9.54. The van der Waals surface area contributed by atoms with E-state index < -0.39 is 0 Å². The molecule has 4 N–H and O–H groups in total. The van der Waals surface area contributed by atoms with Crippen LogP contribution in [0.25, 0.3) is 0 Å². The zero-order chi connectivity index (χ0) is 16.1. The first-order valence-electron chi connectivity index (χ1n) is 7.48. The molecule has 4 nitrogen and oxygen atoms in total. The number of benzene rings is 2. The van der Waals surface area contributed by atoms with Crippen molar-refractivity contribution in [2.75, 3.05) is 6.54 Å². The quantitative estimate of drug-likeness (QED) is 0.661. The molecule has 2 atom stereocenters. The maximum Gasteiger partial charge on any atom is 0.119 e. The number of phenols is 3. The molecule has 118 valence electrons. The van der Waals surface area contributed by atoms with E-state index in [9.17, 15) is 15.3 Å². The molecule has 0 bridgehead atoms. The fraction of sp³-hybridized carbons (Fsp3) is 0.333. The van der Waals surface area contributed by atoms with Gasteiger partial charge in [0.1, 0.15) is 17.2 Å². The molecular weight excluding hydrogens is 278 g/mol. The highest BCUT2D eigenvalue weighted by Gasteiger charge is 2.10. The molecular formula is C18H23NO3. The van der Waals surface area contributed by atoms with E-state index in [4.69, 9.17) is 0 Å². The van der Waals surface area contributed by atoms with Crippen LogP contribution in [-0.4, -0.2) is 27.9 Å². The zero-order valence-corrected chi connectivity index (χ0v) is 13.0. The van der Waals surface area contributed by atoms with Crippen LogP contribution in [0.15, 0.2) is 42.5 Å². The monoisotopic (exact) mass is 301 g/mol. The average Bonchev–Trinajstić information content (AvgIpc) is 2.46. The van der Waals surface area contributed by atoms with Gasteiger partial charge in [-0.25, -0.2) is 0 Å². The second-order valence-electron chi connectivity index (χ2n) is 5.86. The molecule has 0 saturated heterocycles. The second kappa shape index (κ2) is 7.18. The number of aromatic hydroxyl groups is 3. The lowest BCUT2D eigenvalue weighted by Gasteiger charge is -2.18. The van der Waals surface area contributed by atoms with Crippen LogP contribution in [0.5, 0.6) is 17.2 Å². The van der Waals surface area contributed by atoms with Crippen LogP contribution in [0.1, 0.15) is 30.9 Å². The second-order valence-corrected chi connectivity index (χ2v) is 5.86. The SMILES string of the molecule is C[C@H](CN[C@@H](C)Cc1ccc(O)cc1)c1cc(O)cc(O)c1. The van der Waals surface area contributed by atoms with E-state index >= 15 is 0 Å². The summed E-state index contributed by atoms with van der Waals surface area (Å²) >= 11 is 0. The van der Waals surface area contributed by atoms with Crippen LogP contribution in [0.2, 0.25) is 0 Å². The summed E-state index contributed by atoms with van der Waals surface area (Å²) in [5.74, 6) is 0.625. The molecule has 0 aromatic heterocycles. The number of phenolic OH excluding ortho intramolecular Hbond substituents is 3. The molecule has 0 fully saturated rings. The normalized spacial score (nSPS) is 13.7. The smallest absolute Gasteiger partial charge is 0.119 e. The third-order valence-corrected chi connectivity index (χ3v) is 3.74. The van der Waals surface area contributed by atoms with E-state index in [1.54, 1.807) is 24.3 Å². The van der Waals surface area contributed by atoms with E-state index in [1.165, 1.54) is 11.6 Å². The summed E-state index contributed by atoms with van der Waals surface area (Å²) in [6, 6.07) is 12.2. The van der Waals surface area contributed by atoms with Crippen molar-refractivity contribution < 1.29 is 15.3 Å².